The van der Waals surface area contributed by atoms with E-state index in [4.69, 9.17) is 0 Å². The van der Waals surface area contributed by atoms with Gasteiger partial charge in [-0.2, -0.15) is 0 Å². The molecule has 0 aliphatic carbocycles. The molecule has 2 amide bonds. The normalized spacial score (nSPS) is 13.0. The number of amides is 2. The SMILES string of the molecule is Cc1cc(C)cc(NC(=O)c2ccnc(C(=O)N3CCc4ccccc4C3)c2)c1. The van der Waals surface area contributed by atoms with Gasteiger partial charge in [0.2, 0.25) is 0 Å². The van der Waals surface area contributed by atoms with Crippen molar-refractivity contribution in [3.8, 4) is 0 Å². The topological polar surface area (TPSA) is 62.3 Å². The number of nitrogens with zero attached hydrogens (tertiary/aromatic N) is 2. The molecule has 0 unspecified atom stereocenters. The molecule has 29 heavy (non-hydrogen) atoms. The maximum Gasteiger partial charge on any atom is 0.272 e. The summed E-state index contributed by atoms with van der Waals surface area (Å²) in [7, 11) is 0. The first-order chi connectivity index (χ1) is 14.0. The van der Waals surface area contributed by atoms with Crippen molar-refractivity contribution < 1.29 is 9.59 Å². The molecule has 1 aliphatic heterocycles. The third kappa shape index (κ3) is 4.19. The molecule has 0 atom stereocenters. The number of pyridine rings is 1. The molecule has 0 saturated heterocycles. The number of fused-ring (bicyclic) bond motifs is 1. The standard InChI is InChI=1S/C24H23N3O2/c1-16-11-17(2)13-21(12-16)26-23(28)19-7-9-25-22(14-19)24(29)27-10-8-18-5-3-4-6-20(18)15-27/h3-7,9,11-14H,8,10,15H2,1-2H3,(H,26,28). The van der Waals surface area contributed by atoms with Crippen LogP contribution in [0.4, 0.5) is 5.69 Å². The van der Waals surface area contributed by atoms with Gasteiger partial charge in [-0.3, -0.25) is 14.6 Å². The van der Waals surface area contributed by atoms with Crippen molar-refractivity contribution in [3.05, 3.63) is 94.3 Å². The Kier molecular flexibility index (Phi) is 5.12. The molecule has 3 aromatic rings. The molecule has 146 valence electrons. The monoisotopic (exact) mass is 385 g/mol. The summed E-state index contributed by atoms with van der Waals surface area (Å²) in [5.41, 5.74) is 6.05. The van der Waals surface area contributed by atoms with Gasteiger partial charge in [0.1, 0.15) is 5.69 Å². The molecule has 2 aromatic carbocycles. The van der Waals surface area contributed by atoms with Crippen LogP contribution in [0.3, 0.4) is 0 Å². The lowest BCUT2D eigenvalue weighted by molar-refractivity contribution is 0.0728. The van der Waals surface area contributed by atoms with E-state index < -0.39 is 0 Å². The zero-order valence-corrected chi connectivity index (χ0v) is 16.6. The Balaban J connectivity index is 1.51. The van der Waals surface area contributed by atoms with E-state index in [9.17, 15) is 9.59 Å². The van der Waals surface area contributed by atoms with Gasteiger partial charge in [-0.25, -0.2) is 0 Å². The molecule has 5 nitrogen and oxygen atoms in total. The largest absolute Gasteiger partial charge is 0.333 e. The van der Waals surface area contributed by atoms with E-state index in [1.165, 1.54) is 11.8 Å². The van der Waals surface area contributed by atoms with Gasteiger partial charge in [-0.05, 0) is 66.8 Å². The predicted octanol–water partition coefficient (Wildman–Crippen LogP) is 4.15. The molecule has 0 spiro atoms. The number of benzene rings is 2. The summed E-state index contributed by atoms with van der Waals surface area (Å²) in [5.74, 6) is -0.406. The third-order valence-electron chi connectivity index (χ3n) is 5.14. The Morgan fingerprint density at radius 3 is 2.45 bits per heavy atom. The minimum atomic E-state index is -0.254. The van der Waals surface area contributed by atoms with E-state index in [-0.39, 0.29) is 17.5 Å². The Bertz CT molecular complexity index is 1070. The molecular weight excluding hydrogens is 362 g/mol. The Labute approximate surface area is 170 Å². The average molecular weight is 385 g/mol. The first-order valence-corrected chi connectivity index (χ1v) is 9.71. The number of aromatic nitrogens is 1. The van der Waals surface area contributed by atoms with Crippen LogP contribution >= 0.6 is 0 Å². The number of carbonyl (C=O) groups excluding carboxylic acids is 2. The first kappa shape index (κ1) is 18.9. The fraction of sp³-hybridized carbons (Fsp3) is 0.208. The van der Waals surface area contributed by atoms with Crippen LogP contribution in [0.5, 0.6) is 0 Å². The van der Waals surface area contributed by atoms with Gasteiger partial charge in [-0.15, -0.1) is 0 Å². The summed E-state index contributed by atoms with van der Waals surface area (Å²) in [6.07, 6.45) is 2.34. The lowest BCUT2D eigenvalue weighted by Crippen LogP contribution is -2.36. The van der Waals surface area contributed by atoms with Crippen molar-refractivity contribution in [2.45, 2.75) is 26.8 Å². The van der Waals surface area contributed by atoms with Gasteiger partial charge < -0.3 is 10.2 Å². The predicted molar refractivity (Wildman–Crippen MR) is 113 cm³/mol. The van der Waals surface area contributed by atoms with Crippen LogP contribution < -0.4 is 5.32 Å². The Morgan fingerprint density at radius 2 is 1.69 bits per heavy atom. The van der Waals surface area contributed by atoms with Crippen molar-refractivity contribution in [3.63, 3.8) is 0 Å². The molecule has 5 heteroatoms. The van der Waals surface area contributed by atoms with Gasteiger partial charge in [0.15, 0.2) is 0 Å². The van der Waals surface area contributed by atoms with Crippen LogP contribution in [-0.4, -0.2) is 28.2 Å². The van der Waals surface area contributed by atoms with E-state index in [0.29, 0.717) is 18.7 Å². The number of hydrogen-bond donors (Lipinski definition) is 1. The summed E-state index contributed by atoms with van der Waals surface area (Å²) in [5, 5.41) is 2.91. The second-order valence-corrected chi connectivity index (χ2v) is 7.51. The van der Waals surface area contributed by atoms with E-state index >= 15 is 0 Å². The van der Waals surface area contributed by atoms with Crippen LogP contribution in [0, 0.1) is 13.8 Å². The molecule has 0 saturated carbocycles. The van der Waals surface area contributed by atoms with Crippen molar-refractivity contribution in [1.82, 2.24) is 9.88 Å². The second kappa shape index (κ2) is 7.87. The highest BCUT2D eigenvalue weighted by molar-refractivity contribution is 6.05. The van der Waals surface area contributed by atoms with Crippen molar-refractivity contribution >= 4 is 17.5 Å². The molecule has 0 fully saturated rings. The number of hydrogen-bond acceptors (Lipinski definition) is 3. The number of anilines is 1. The fourth-order valence-corrected chi connectivity index (χ4v) is 3.77. The highest BCUT2D eigenvalue weighted by Gasteiger charge is 2.23. The minimum absolute atomic E-state index is 0.152. The summed E-state index contributed by atoms with van der Waals surface area (Å²) >= 11 is 0. The molecule has 1 aliphatic rings. The van der Waals surface area contributed by atoms with Crippen molar-refractivity contribution in [2.24, 2.45) is 0 Å². The smallest absolute Gasteiger partial charge is 0.272 e. The molecular formula is C24H23N3O2. The van der Waals surface area contributed by atoms with Gasteiger partial charge in [-0.1, -0.05) is 30.3 Å². The minimum Gasteiger partial charge on any atom is -0.333 e. The lowest BCUT2D eigenvalue weighted by atomic mass is 9.99. The summed E-state index contributed by atoms with van der Waals surface area (Å²) in [6.45, 7) is 5.19. The van der Waals surface area contributed by atoms with Crippen molar-refractivity contribution in [2.75, 3.05) is 11.9 Å². The molecule has 0 bridgehead atoms. The van der Waals surface area contributed by atoms with Gasteiger partial charge >= 0.3 is 0 Å². The number of nitrogens with one attached hydrogen (secondary N) is 1. The quantitative estimate of drug-likeness (QED) is 0.737. The van der Waals surface area contributed by atoms with Crippen molar-refractivity contribution in [1.29, 1.82) is 0 Å². The Hall–Kier alpha value is -3.47. The highest BCUT2D eigenvalue weighted by atomic mass is 16.2. The zero-order chi connectivity index (χ0) is 20.4. The summed E-state index contributed by atoms with van der Waals surface area (Å²) < 4.78 is 0. The van der Waals surface area contributed by atoms with Gasteiger partial charge in [0.05, 0.1) is 0 Å². The maximum absolute atomic E-state index is 13.0. The molecule has 2 heterocycles. The zero-order valence-electron chi connectivity index (χ0n) is 16.6. The first-order valence-electron chi connectivity index (χ1n) is 9.71. The molecule has 4 rings (SSSR count). The third-order valence-corrected chi connectivity index (χ3v) is 5.14. The van der Waals surface area contributed by atoms with Crippen LogP contribution in [-0.2, 0) is 13.0 Å². The van der Waals surface area contributed by atoms with Crippen LogP contribution in [0.15, 0.2) is 60.8 Å². The van der Waals surface area contributed by atoms with E-state index in [0.717, 1.165) is 28.8 Å². The average Bonchev–Trinajstić information content (AvgIpc) is 2.72. The summed E-state index contributed by atoms with van der Waals surface area (Å²) in [4.78, 5) is 31.7. The van der Waals surface area contributed by atoms with E-state index in [1.54, 1.807) is 17.0 Å². The fourth-order valence-electron chi connectivity index (χ4n) is 3.77. The maximum atomic E-state index is 13.0. The number of carbonyl (C=O) groups is 2. The molecule has 0 radical (unpaired) electrons. The van der Waals surface area contributed by atoms with Crippen LogP contribution in [0.25, 0.3) is 0 Å². The number of rotatable bonds is 3. The summed E-state index contributed by atoms with van der Waals surface area (Å²) in [6, 6.07) is 17.3. The molecule has 1 N–H and O–H groups in total. The second-order valence-electron chi connectivity index (χ2n) is 7.51. The lowest BCUT2D eigenvalue weighted by Gasteiger charge is -2.28. The van der Waals surface area contributed by atoms with Crippen LogP contribution in [0.2, 0.25) is 0 Å². The van der Waals surface area contributed by atoms with Gasteiger partial charge in [0, 0.05) is 30.5 Å². The Morgan fingerprint density at radius 1 is 0.966 bits per heavy atom. The van der Waals surface area contributed by atoms with Crippen LogP contribution in [0.1, 0.15) is 43.1 Å². The van der Waals surface area contributed by atoms with Gasteiger partial charge in [0.25, 0.3) is 11.8 Å². The van der Waals surface area contributed by atoms with E-state index in [1.807, 2.05) is 38.1 Å². The highest BCUT2D eigenvalue weighted by Crippen LogP contribution is 2.20. The van der Waals surface area contributed by atoms with E-state index in [2.05, 4.69) is 28.5 Å². The molecule has 1 aromatic heterocycles. The number of aryl methyl sites for hydroxylation is 2.